The molecule has 3 heterocycles. The van der Waals surface area contributed by atoms with E-state index in [4.69, 9.17) is 15.5 Å². The number of amides is 3. The molecule has 10 heteroatoms. The number of piperidine rings is 1. The van der Waals surface area contributed by atoms with Gasteiger partial charge in [0.1, 0.15) is 11.6 Å². The van der Waals surface area contributed by atoms with E-state index in [2.05, 4.69) is 36.3 Å². The molecule has 1 atom stereocenters. The van der Waals surface area contributed by atoms with Gasteiger partial charge >= 0.3 is 0 Å². The number of nitrogens with zero attached hydrogens (tertiary/aromatic N) is 3. The molecule has 43 heavy (non-hydrogen) atoms. The summed E-state index contributed by atoms with van der Waals surface area (Å²) >= 11 is 0. The third-order valence-corrected chi connectivity index (χ3v) is 7.93. The predicted octanol–water partition coefficient (Wildman–Crippen LogP) is 4.09. The fourth-order valence-electron chi connectivity index (χ4n) is 5.39. The van der Waals surface area contributed by atoms with Crippen molar-refractivity contribution in [1.82, 2.24) is 15.2 Å². The minimum atomic E-state index is -0.595. The Morgan fingerprint density at radius 2 is 1.58 bits per heavy atom. The molecule has 0 radical (unpaired) electrons. The lowest BCUT2D eigenvalue weighted by molar-refractivity contribution is 0.0303. The van der Waals surface area contributed by atoms with E-state index < -0.39 is 5.91 Å². The van der Waals surface area contributed by atoms with Crippen molar-refractivity contribution in [2.24, 2.45) is 5.73 Å². The van der Waals surface area contributed by atoms with Crippen molar-refractivity contribution in [2.75, 3.05) is 49.6 Å². The van der Waals surface area contributed by atoms with Crippen molar-refractivity contribution in [3.8, 4) is 0 Å². The minimum Gasteiger partial charge on any atom is -0.378 e. The second kappa shape index (κ2) is 12.8. The van der Waals surface area contributed by atoms with Crippen LogP contribution in [0.2, 0.25) is 0 Å². The Bertz CT molecular complexity index is 1460. The van der Waals surface area contributed by atoms with E-state index in [9.17, 15) is 14.4 Å². The Morgan fingerprint density at radius 1 is 0.907 bits per heavy atom. The van der Waals surface area contributed by atoms with Crippen LogP contribution >= 0.6 is 0 Å². The van der Waals surface area contributed by atoms with Crippen LogP contribution in [0, 0.1) is 0 Å². The number of aromatic nitrogens is 1. The third kappa shape index (κ3) is 7.32. The zero-order valence-electron chi connectivity index (χ0n) is 25.1. The van der Waals surface area contributed by atoms with Gasteiger partial charge in [0.25, 0.3) is 17.7 Å². The van der Waals surface area contributed by atoms with Crippen molar-refractivity contribution < 1.29 is 19.1 Å². The summed E-state index contributed by atoms with van der Waals surface area (Å²) in [6, 6.07) is 18.3. The largest absolute Gasteiger partial charge is 0.378 e. The van der Waals surface area contributed by atoms with E-state index in [0.717, 1.165) is 19.4 Å². The minimum absolute atomic E-state index is 0.0230. The van der Waals surface area contributed by atoms with E-state index in [-0.39, 0.29) is 28.8 Å². The summed E-state index contributed by atoms with van der Waals surface area (Å²) in [5, 5.41) is 6.38. The van der Waals surface area contributed by atoms with Crippen LogP contribution in [-0.2, 0) is 10.2 Å². The molecule has 226 valence electrons. The van der Waals surface area contributed by atoms with Crippen LogP contribution in [0.5, 0.6) is 0 Å². The van der Waals surface area contributed by atoms with Gasteiger partial charge in [0.15, 0.2) is 0 Å². The van der Waals surface area contributed by atoms with E-state index in [1.807, 2.05) is 24.3 Å². The molecule has 0 unspecified atom stereocenters. The first-order valence-corrected chi connectivity index (χ1v) is 14.8. The molecule has 0 spiro atoms. The zero-order valence-corrected chi connectivity index (χ0v) is 25.1. The monoisotopic (exact) mass is 584 g/mol. The molecule has 2 aliphatic rings. The highest BCUT2D eigenvalue weighted by Crippen LogP contribution is 2.26. The molecule has 1 aromatic heterocycles. The van der Waals surface area contributed by atoms with Crippen molar-refractivity contribution in [3.63, 3.8) is 0 Å². The molecule has 2 aliphatic heterocycles. The molecule has 4 N–H and O–H groups in total. The van der Waals surface area contributed by atoms with E-state index in [1.54, 1.807) is 41.3 Å². The molecule has 10 nitrogen and oxygen atoms in total. The highest BCUT2D eigenvalue weighted by Gasteiger charge is 2.25. The highest BCUT2D eigenvalue weighted by molar-refractivity contribution is 5.99. The number of pyridine rings is 1. The molecule has 0 saturated carbocycles. The fourth-order valence-corrected chi connectivity index (χ4v) is 5.39. The Balaban J connectivity index is 1.26. The molecule has 3 aromatic rings. The van der Waals surface area contributed by atoms with Gasteiger partial charge in [0.2, 0.25) is 0 Å². The Kier molecular flexibility index (Phi) is 8.96. The van der Waals surface area contributed by atoms with Crippen LogP contribution in [0.15, 0.2) is 60.7 Å². The second-order valence-electron chi connectivity index (χ2n) is 12.1. The lowest BCUT2D eigenvalue weighted by Crippen LogP contribution is -2.48. The number of hydrogen-bond acceptors (Lipinski definition) is 7. The van der Waals surface area contributed by atoms with Gasteiger partial charge in [-0.05, 0) is 72.4 Å². The second-order valence-corrected chi connectivity index (χ2v) is 12.1. The number of morpholine rings is 1. The molecule has 2 saturated heterocycles. The Labute approximate surface area is 252 Å². The van der Waals surface area contributed by atoms with Gasteiger partial charge in [0, 0.05) is 49.0 Å². The molecule has 0 bridgehead atoms. The first-order valence-electron chi connectivity index (χ1n) is 14.8. The van der Waals surface area contributed by atoms with Gasteiger partial charge in [0.05, 0.1) is 18.8 Å². The summed E-state index contributed by atoms with van der Waals surface area (Å²) in [4.78, 5) is 46.7. The highest BCUT2D eigenvalue weighted by atomic mass is 16.5. The number of nitrogens with one attached hydrogen (secondary N) is 2. The average Bonchev–Trinajstić information content (AvgIpc) is 3.01. The third-order valence-electron chi connectivity index (χ3n) is 7.93. The van der Waals surface area contributed by atoms with Crippen LogP contribution < -0.4 is 21.3 Å². The van der Waals surface area contributed by atoms with Crippen molar-refractivity contribution in [3.05, 3.63) is 82.9 Å². The van der Waals surface area contributed by atoms with Crippen molar-refractivity contribution in [2.45, 2.75) is 45.1 Å². The number of rotatable bonds is 7. The molecule has 5 rings (SSSR count). The predicted molar refractivity (Wildman–Crippen MR) is 167 cm³/mol. The van der Waals surface area contributed by atoms with Crippen molar-refractivity contribution >= 4 is 35.0 Å². The number of ether oxygens (including phenoxy) is 1. The van der Waals surface area contributed by atoms with E-state index >= 15 is 0 Å². The van der Waals surface area contributed by atoms with Crippen molar-refractivity contribution in [1.29, 1.82) is 0 Å². The number of primary amides is 1. The van der Waals surface area contributed by atoms with Crippen LogP contribution in [0.4, 0.5) is 17.3 Å². The maximum Gasteiger partial charge on any atom is 0.254 e. The number of anilines is 3. The van der Waals surface area contributed by atoms with Gasteiger partial charge in [-0.25, -0.2) is 4.98 Å². The summed E-state index contributed by atoms with van der Waals surface area (Å²) in [5.41, 5.74) is 9.02. The quantitative estimate of drug-likeness (QED) is 0.381. The van der Waals surface area contributed by atoms with Crippen LogP contribution in [0.1, 0.15) is 70.3 Å². The Morgan fingerprint density at radius 3 is 2.23 bits per heavy atom. The summed E-state index contributed by atoms with van der Waals surface area (Å²) in [7, 11) is 0. The smallest absolute Gasteiger partial charge is 0.254 e. The maximum atomic E-state index is 13.0. The summed E-state index contributed by atoms with van der Waals surface area (Å²) < 4.78 is 5.34. The molecule has 0 aliphatic carbocycles. The molecular formula is C33H40N6O4. The molecule has 2 aromatic carbocycles. The molecule has 3 amide bonds. The fraction of sp³-hybridized carbons (Fsp3) is 0.394. The number of carbonyl (C=O) groups excluding carboxylic acids is 3. The standard InChI is InChI=1S/C33H40N6O4/c1-33(2,3)24-10-6-22(7-11-24)31(41)36-26-5-4-16-39(21-26)28-15-14-27(29(34)40)30(37-28)35-25-12-8-23(9-13-25)32(42)38-17-19-43-20-18-38/h6-15,26H,4-5,16-21H2,1-3H3,(H2,34,40)(H,35,37)(H,36,41)/t26-/m1/s1. The maximum absolute atomic E-state index is 13.0. The first kappa shape index (κ1) is 30.0. The van der Waals surface area contributed by atoms with Crippen LogP contribution in [0.25, 0.3) is 0 Å². The summed E-state index contributed by atoms with van der Waals surface area (Å²) in [5.74, 6) is 0.285. The number of hydrogen-bond donors (Lipinski definition) is 3. The number of carbonyl (C=O) groups is 3. The molecular weight excluding hydrogens is 544 g/mol. The number of nitrogens with two attached hydrogens (primary N) is 1. The Hall–Kier alpha value is -4.44. The summed E-state index contributed by atoms with van der Waals surface area (Å²) in [6.07, 6.45) is 1.75. The summed E-state index contributed by atoms with van der Waals surface area (Å²) in [6.45, 7) is 10.0. The normalized spacial score (nSPS) is 17.3. The lowest BCUT2D eigenvalue weighted by atomic mass is 9.86. The number of benzene rings is 2. The van der Waals surface area contributed by atoms with E-state index in [0.29, 0.717) is 61.3 Å². The van der Waals surface area contributed by atoms with Gasteiger partial charge in [-0.15, -0.1) is 0 Å². The van der Waals surface area contributed by atoms with Gasteiger partial charge < -0.3 is 30.9 Å². The van der Waals surface area contributed by atoms with Gasteiger partial charge in [-0.3, -0.25) is 14.4 Å². The van der Waals surface area contributed by atoms with E-state index in [1.165, 1.54) is 5.56 Å². The zero-order chi connectivity index (χ0) is 30.6. The topological polar surface area (TPSA) is 130 Å². The van der Waals surface area contributed by atoms with Gasteiger partial charge in [-0.2, -0.15) is 0 Å². The molecule has 2 fully saturated rings. The SMILES string of the molecule is CC(C)(C)c1ccc(C(=O)N[C@@H]2CCCN(c3ccc(C(N)=O)c(Nc4ccc(C(=O)N5CCOCC5)cc4)n3)C2)cc1. The average molecular weight is 585 g/mol. The van der Waals surface area contributed by atoms with Gasteiger partial charge in [-0.1, -0.05) is 32.9 Å². The van der Waals surface area contributed by atoms with Crippen LogP contribution in [0.3, 0.4) is 0 Å². The first-order chi connectivity index (χ1) is 20.6. The van der Waals surface area contributed by atoms with Crippen LogP contribution in [-0.4, -0.2) is 73.0 Å². The lowest BCUT2D eigenvalue weighted by Gasteiger charge is -2.34.